The molecule has 2 nitrogen and oxygen atoms in total. The molecule has 0 fully saturated rings. The molecule has 0 saturated carbocycles. The van der Waals surface area contributed by atoms with Gasteiger partial charge in [0.2, 0.25) is 0 Å². The van der Waals surface area contributed by atoms with Crippen molar-refractivity contribution in [3.05, 3.63) is 63.9 Å². The van der Waals surface area contributed by atoms with Crippen molar-refractivity contribution < 1.29 is 4.39 Å². The summed E-state index contributed by atoms with van der Waals surface area (Å²) >= 11 is 3.36. The first kappa shape index (κ1) is 15.0. The van der Waals surface area contributed by atoms with Crippen LogP contribution in [0.15, 0.2) is 46.9 Å². The standard InChI is InChI=1S/C16H18BrFN2/c1-20(2)11-12-3-6-15(7-4-12)19-10-13-9-14(17)5-8-16(13)18/h3-9,19H,10-11H2,1-2H3. The van der Waals surface area contributed by atoms with E-state index in [0.717, 1.165) is 16.7 Å². The topological polar surface area (TPSA) is 15.3 Å². The highest BCUT2D eigenvalue weighted by atomic mass is 79.9. The van der Waals surface area contributed by atoms with E-state index >= 15 is 0 Å². The second-order valence-corrected chi connectivity index (χ2v) is 5.94. The first-order chi connectivity index (χ1) is 9.54. The molecule has 0 bridgehead atoms. The molecule has 0 radical (unpaired) electrons. The number of rotatable bonds is 5. The number of hydrogen-bond donors (Lipinski definition) is 1. The molecular weight excluding hydrogens is 319 g/mol. The van der Waals surface area contributed by atoms with E-state index < -0.39 is 0 Å². The van der Waals surface area contributed by atoms with Crippen LogP contribution in [0.3, 0.4) is 0 Å². The van der Waals surface area contributed by atoms with Crippen LogP contribution in [0.25, 0.3) is 0 Å². The Balaban J connectivity index is 1.98. The van der Waals surface area contributed by atoms with E-state index in [9.17, 15) is 4.39 Å². The first-order valence-electron chi connectivity index (χ1n) is 6.46. The molecule has 0 atom stereocenters. The fraction of sp³-hybridized carbons (Fsp3) is 0.250. The quantitative estimate of drug-likeness (QED) is 0.877. The van der Waals surface area contributed by atoms with Gasteiger partial charge in [0.25, 0.3) is 0 Å². The summed E-state index contributed by atoms with van der Waals surface area (Å²) < 4.78 is 14.5. The molecule has 1 N–H and O–H groups in total. The lowest BCUT2D eigenvalue weighted by Crippen LogP contribution is -2.10. The SMILES string of the molecule is CN(C)Cc1ccc(NCc2cc(Br)ccc2F)cc1. The molecule has 2 aromatic carbocycles. The molecule has 0 aliphatic heterocycles. The van der Waals surface area contributed by atoms with Gasteiger partial charge < -0.3 is 10.2 Å². The minimum atomic E-state index is -0.190. The van der Waals surface area contributed by atoms with Gasteiger partial charge in [-0.25, -0.2) is 4.39 Å². The van der Waals surface area contributed by atoms with Gasteiger partial charge in [0.1, 0.15) is 5.82 Å². The molecule has 0 spiro atoms. The van der Waals surface area contributed by atoms with Crippen LogP contribution in [0.2, 0.25) is 0 Å². The third kappa shape index (κ3) is 4.32. The molecule has 2 aromatic rings. The van der Waals surface area contributed by atoms with Crippen molar-refractivity contribution in [1.82, 2.24) is 4.90 Å². The molecule has 0 heterocycles. The van der Waals surface area contributed by atoms with Gasteiger partial charge in [-0.15, -0.1) is 0 Å². The summed E-state index contributed by atoms with van der Waals surface area (Å²) in [5.41, 5.74) is 2.90. The van der Waals surface area contributed by atoms with Gasteiger partial charge in [0, 0.05) is 28.8 Å². The van der Waals surface area contributed by atoms with E-state index in [1.54, 1.807) is 12.1 Å². The van der Waals surface area contributed by atoms with Gasteiger partial charge in [-0.3, -0.25) is 0 Å². The Hall–Kier alpha value is -1.39. The Labute approximate surface area is 127 Å². The van der Waals surface area contributed by atoms with Crippen molar-refractivity contribution in [1.29, 1.82) is 0 Å². The minimum absolute atomic E-state index is 0.190. The van der Waals surface area contributed by atoms with Gasteiger partial charge >= 0.3 is 0 Å². The second kappa shape index (κ2) is 6.86. The van der Waals surface area contributed by atoms with E-state index in [4.69, 9.17) is 0 Å². The van der Waals surface area contributed by atoms with Crippen LogP contribution in [0.1, 0.15) is 11.1 Å². The molecule has 20 heavy (non-hydrogen) atoms. The highest BCUT2D eigenvalue weighted by Crippen LogP contribution is 2.17. The van der Waals surface area contributed by atoms with Gasteiger partial charge in [-0.1, -0.05) is 28.1 Å². The van der Waals surface area contributed by atoms with Crippen molar-refractivity contribution >= 4 is 21.6 Å². The van der Waals surface area contributed by atoms with E-state index in [1.165, 1.54) is 11.6 Å². The average molecular weight is 337 g/mol. The zero-order valence-corrected chi connectivity index (χ0v) is 13.2. The molecule has 0 saturated heterocycles. The molecule has 0 aliphatic rings. The summed E-state index contributed by atoms with van der Waals surface area (Å²) in [6, 6.07) is 13.2. The Morgan fingerprint density at radius 2 is 1.80 bits per heavy atom. The second-order valence-electron chi connectivity index (χ2n) is 5.02. The molecule has 0 amide bonds. The van der Waals surface area contributed by atoms with Gasteiger partial charge in [0.15, 0.2) is 0 Å². The number of benzene rings is 2. The Morgan fingerprint density at radius 1 is 1.10 bits per heavy atom. The molecule has 0 unspecified atom stereocenters. The Kier molecular flexibility index (Phi) is 5.15. The maximum Gasteiger partial charge on any atom is 0.128 e. The lowest BCUT2D eigenvalue weighted by molar-refractivity contribution is 0.402. The fourth-order valence-corrected chi connectivity index (χ4v) is 2.38. The van der Waals surface area contributed by atoms with Crippen LogP contribution in [0.4, 0.5) is 10.1 Å². The summed E-state index contributed by atoms with van der Waals surface area (Å²) in [5, 5.41) is 3.24. The molecule has 106 valence electrons. The molecule has 4 heteroatoms. The minimum Gasteiger partial charge on any atom is -0.381 e. The van der Waals surface area contributed by atoms with Crippen LogP contribution in [-0.2, 0) is 13.1 Å². The summed E-state index contributed by atoms with van der Waals surface area (Å²) in [6.45, 7) is 1.39. The maximum atomic E-state index is 13.6. The number of anilines is 1. The zero-order valence-electron chi connectivity index (χ0n) is 11.7. The van der Waals surface area contributed by atoms with Crippen molar-refractivity contribution in [3.8, 4) is 0 Å². The molecule has 2 rings (SSSR count). The molecule has 0 aromatic heterocycles. The normalized spacial score (nSPS) is 10.8. The third-order valence-electron chi connectivity index (χ3n) is 2.94. The van der Waals surface area contributed by atoms with E-state index in [0.29, 0.717) is 12.1 Å². The van der Waals surface area contributed by atoms with Gasteiger partial charge in [-0.2, -0.15) is 0 Å². The largest absolute Gasteiger partial charge is 0.381 e. The van der Waals surface area contributed by atoms with E-state index in [1.807, 2.05) is 26.2 Å². The summed E-state index contributed by atoms with van der Waals surface area (Å²) in [6.07, 6.45) is 0. The predicted octanol–water partition coefficient (Wildman–Crippen LogP) is 4.26. The van der Waals surface area contributed by atoms with Crippen molar-refractivity contribution in [3.63, 3.8) is 0 Å². The number of nitrogens with zero attached hydrogens (tertiary/aromatic N) is 1. The predicted molar refractivity (Wildman–Crippen MR) is 85.3 cm³/mol. The van der Waals surface area contributed by atoms with Gasteiger partial charge in [0.05, 0.1) is 0 Å². The smallest absolute Gasteiger partial charge is 0.128 e. The monoisotopic (exact) mass is 336 g/mol. The van der Waals surface area contributed by atoms with Crippen molar-refractivity contribution in [2.24, 2.45) is 0 Å². The summed E-state index contributed by atoms with van der Waals surface area (Å²) in [7, 11) is 4.09. The van der Waals surface area contributed by atoms with Crippen molar-refractivity contribution in [2.75, 3.05) is 19.4 Å². The zero-order chi connectivity index (χ0) is 14.5. The average Bonchev–Trinajstić information content (AvgIpc) is 2.41. The third-order valence-corrected chi connectivity index (χ3v) is 3.44. The Morgan fingerprint density at radius 3 is 2.45 bits per heavy atom. The fourth-order valence-electron chi connectivity index (χ4n) is 1.97. The summed E-state index contributed by atoms with van der Waals surface area (Å²) in [5.74, 6) is -0.190. The highest BCUT2D eigenvalue weighted by Gasteiger charge is 2.03. The highest BCUT2D eigenvalue weighted by molar-refractivity contribution is 9.10. The van der Waals surface area contributed by atoms with Crippen LogP contribution in [-0.4, -0.2) is 19.0 Å². The summed E-state index contributed by atoms with van der Waals surface area (Å²) in [4.78, 5) is 2.12. The lowest BCUT2D eigenvalue weighted by Gasteiger charge is -2.11. The number of halogens is 2. The maximum absolute atomic E-state index is 13.6. The van der Waals surface area contributed by atoms with Crippen LogP contribution in [0.5, 0.6) is 0 Å². The van der Waals surface area contributed by atoms with Crippen LogP contribution < -0.4 is 5.32 Å². The number of hydrogen-bond acceptors (Lipinski definition) is 2. The molecular formula is C16H18BrFN2. The van der Waals surface area contributed by atoms with E-state index in [2.05, 4.69) is 38.3 Å². The molecule has 0 aliphatic carbocycles. The Bertz CT molecular complexity index is 567. The number of nitrogens with one attached hydrogen (secondary N) is 1. The van der Waals surface area contributed by atoms with Crippen LogP contribution in [0, 0.1) is 5.82 Å². The first-order valence-corrected chi connectivity index (χ1v) is 7.25. The van der Waals surface area contributed by atoms with E-state index in [-0.39, 0.29) is 5.82 Å². The lowest BCUT2D eigenvalue weighted by atomic mass is 10.2. The van der Waals surface area contributed by atoms with Gasteiger partial charge in [-0.05, 0) is 50.0 Å². The van der Waals surface area contributed by atoms with Crippen LogP contribution >= 0.6 is 15.9 Å². The van der Waals surface area contributed by atoms with Crippen molar-refractivity contribution in [2.45, 2.75) is 13.1 Å².